The molecule has 1 N–H and O–H groups in total. The summed E-state index contributed by atoms with van der Waals surface area (Å²) in [5.74, 6) is 1.11. The lowest BCUT2D eigenvalue weighted by Gasteiger charge is -2.07. The highest BCUT2D eigenvalue weighted by atomic mass is 35.5. The second-order valence-corrected chi connectivity index (χ2v) is 5.73. The average molecular weight is 332 g/mol. The Morgan fingerprint density at radius 1 is 1.30 bits per heavy atom. The van der Waals surface area contributed by atoms with Crippen molar-refractivity contribution in [2.75, 3.05) is 7.05 Å². The smallest absolute Gasteiger partial charge is 0.219 e. The SMILES string of the molecule is CCCc1ncc(Oc2ccc(/C=C/[C@H](C)NC)cn2)cc1Cl. The van der Waals surface area contributed by atoms with Crippen molar-refractivity contribution < 1.29 is 4.74 Å². The van der Waals surface area contributed by atoms with Gasteiger partial charge in [-0.15, -0.1) is 0 Å². The molecule has 122 valence electrons. The van der Waals surface area contributed by atoms with Gasteiger partial charge in [0, 0.05) is 24.4 Å². The van der Waals surface area contributed by atoms with E-state index in [4.69, 9.17) is 16.3 Å². The molecule has 0 aromatic carbocycles. The summed E-state index contributed by atoms with van der Waals surface area (Å²) >= 11 is 6.21. The van der Waals surface area contributed by atoms with Gasteiger partial charge in [0.2, 0.25) is 5.88 Å². The molecular weight excluding hydrogens is 310 g/mol. The Morgan fingerprint density at radius 2 is 2.13 bits per heavy atom. The van der Waals surface area contributed by atoms with E-state index >= 15 is 0 Å². The van der Waals surface area contributed by atoms with Crippen LogP contribution < -0.4 is 10.1 Å². The highest BCUT2D eigenvalue weighted by molar-refractivity contribution is 6.31. The molecule has 0 aliphatic carbocycles. The Bertz CT molecular complexity index is 656. The van der Waals surface area contributed by atoms with Crippen LogP contribution in [0, 0.1) is 0 Å². The summed E-state index contributed by atoms with van der Waals surface area (Å²) in [6, 6.07) is 5.89. The highest BCUT2D eigenvalue weighted by Crippen LogP contribution is 2.24. The molecule has 0 spiro atoms. The quantitative estimate of drug-likeness (QED) is 0.811. The molecule has 1 atom stereocenters. The first kappa shape index (κ1) is 17.4. The number of hydrogen-bond acceptors (Lipinski definition) is 4. The topological polar surface area (TPSA) is 47.0 Å². The molecular formula is C18H22ClN3O. The van der Waals surface area contributed by atoms with Crippen LogP contribution in [-0.4, -0.2) is 23.1 Å². The molecule has 2 aromatic rings. The third kappa shape index (κ3) is 5.34. The maximum atomic E-state index is 6.21. The normalized spacial score (nSPS) is 12.5. The minimum absolute atomic E-state index is 0.320. The lowest BCUT2D eigenvalue weighted by atomic mass is 10.2. The zero-order valence-electron chi connectivity index (χ0n) is 13.7. The van der Waals surface area contributed by atoms with Crippen LogP contribution >= 0.6 is 11.6 Å². The molecule has 0 fully saturated rings. The van der Waals surface area contributed by atoms with E-state index in [0.29, 0.717) is 22.7 Å². The van der Waals surface area contributed by atoms with Crippen molar-refractivity contribution in [3.63, 3.8) is 0 Å². The third-order valence-corrected chi connectivity index (χ3v) is 3.72. The van der Waals surface area contributed by atoms with Crippen LogP contribution in [0.4, 0.5) is 0 Å². The summed E-state index contributed by atoms with van der Waals surface area (Å²) in [4.78, 5) is 8.64. The van der Waals surface area contributed by atoms with Gasteiger partial charge in [0.15, 0.2) is 0 Å². The second kappa shape index (κ2) is 8.65. The van der Waals surface area contributed by atoms with Crippen LogP contribution in [0.3, 0.4) is 0 Å². The number of hydrogen-bond donors (Lipinski definition) is 1. The fourth-order valence-electron chi connectivity index (χ4n) is 1.95. The first-order valence-corrected chi connectivity index (χ1v) is 8.14. The van der Waals surface area contributed by atoms with Crippen LogP contribution in [0.15, 0.2) is 36.7 Å². The summed E-state index contributed by atoms with van der Waals surface area (Å²) in [6.07, 6.45) is 9.43. The molecule has 5 heteroatoms. The molecule has 0 saturated heterocycles. The molecule has 0 amide bonds. The lowest BCUT2D eigenvalue weighted by molar-refractivity contribution is 0.460. The minimum atomic E-state index is 0.320. The molecule has 2 rings (SSSR count). The van der Waals surface area contributed by atoms with Gasteiger partial charge in [0.05, 0.1) is 16.9 Å². The number of aromatic nitrogens is 2. The zero-order chi connectivity index (χ0) is 16.7. The number of aryl methyl sites for hydroxylation is 1. The number of rotatable bonds is 7. The first-order chi connectivity index (χ1) is 11.1. The molecule has 0 unspecified atom stereocenters. The molecule has 0 radical (unpaired) electrons. The summed E-state index contributed by atoms with van der Waals surface area (Å²) in [7, 11) is 1.93. The molecule has 4 nitrogen and oxygen atoms in total. The van der Waals surface area contributed by atoms with E-state index in [2.05, 4.69) is 35.2 Å². The van der Waals surface area contributed by atoms with Crippen molar-refractivity contribution in [3.8, 4) is 11.6 Å². The van der Waals surface area contributed by atoms with Crippen molar-refractivity contribution in [2.45, 2.75) is 32.7 Å². The number of nitrogens with zero attached hydrogens (tertiary/aromatic N) is 2. The monoisotopic (exact) mass is 331 g/mol. The number of ether oxygens (including phenoxy) is 1. The minimum Gasteiger partial charge on any atom is -0.437 e. The van der Waals surface area contributed by atoms with Gasteiger partial charge in [0.25, 0.3) is 0 Å². The number of halogens is 1. The van der Waals surface area contributed by atoms with Crippen molar-refractivity contribution in [1.82, 2.24) is 15.3 Å². The highest BCUT2D eigenvalue weighted by Gasteiger charge is 2.05. The van der Waals surface area contributed by atoms with Crippen LogP contribution in [0.25, 0.3) is 6.08 Å². The van der Waals surface area contributed by atoms with E-state index in [-0.39, 0.29) is 0 Å². The van der Waals surface area contributed by atoms with Gasteiger partial charge < -0.3 is 10.1 Å². The Kier molecular flexibility index (Phi) is 6.56. The molecule has 0 aliphatic rings. The molecule has 2 aromatic heterocycles. The Balaban J connectivity index is 2.03. The van der Waals surface area contributed by atoms with Crippen LogP contribution in [0.2, 0.25) is 5.02 Å². The second-order valence-electron chi connectivity index (χ2n) is 5.32. The van der Waals surface area contributed by atoms with Crippen molar-refractivity contribution in [3.05, 3.63) is 52.9 Å². The Morgan fingerprint density at radius 3 is 2.74 bits per heavy atom. The predicted octanol–water partition coefficient (Wildman–Crippen LogP) is 4.50. The zero-order valence-corrected chi connectivity index (χ0v) is 14.5. The van der Waals surface area contributed by atoms with Gasteiger partial charge in [0.1, 0.15) is 5.75 Å². The van der Waals surface area contributed by atoms with Crippen LogP contribution in [0.1, 0.15) is 31.5 Å². The van der Waals surface area contributed by atoms with E-state index in [1.807, 2.05) is 25.3 Å². The summed E-state index contributed by atoms with van der Waals surface area (Å²) in [5, 5.41) is 3.78. The molecule has 23 heavy (non-hydrogen) atoms. The average Bonchev–Trinajstić information content (AvgIpc) is 2.56. The van der Waals surface area contributed by atoms with Gasteiger partial charge in [-0.3, -0.25) is 4.98 Å². The van der Waals surface area contributed by atoms with Crippen molar-refractivity contribution in [1.29, 1.82) is 0 Å². The van der Waals surface area contributed by atoms with E-state index in [0.717, 1.165) is 24.1 Å². The van der Waals surface area contributed by atoms with Gasteiger partial charge in [-0.2, -0.15) is 0 Å². The number of pyridine rings is 2. The standard InChI is InChI=1S/C18H22ClN3O/c1-4-5-17-16(19)10-15(12-21-17)23-18-9-8-14(11-22-18)7-6-13(2)20-3/h6-13,20H,4-5H2,1-3H3/b7-6+/t13-/m0/s1. The number of likely N-dealkylation sites (N-methyl/N-ethyl adjacent to an activating group) is 1. The van der Waals surface area contributed by atoms with E-state index in [9.17, 15) is 0 Å². The van der Waals surface area contributed by atoms with E-state index in [1.54, 1.807) is 18.5 Å². The van der Waals surface area contributed by atoms with Crippen molar-refractivity contribution >= 4 is 17.7 Å². The first-order valence-electron chi connectivity index (χ1n) is 7.76. The lowest BCUT2D eigenvalue weighted by Crippen LogP contribution is -2.17. The largest absolute Gasteiger partial charge is 0.437 e. The molecule has 2 heterocycles. The Hall–Kier alpha value is -1.91. The third-order valence-electron chi connectivity index (χ3n) is 3.39. The fraction of sp³-hybridized carbons (Fsp3) is 0.333. The van der Waals surface area contributed by atoms with Gasteiger partial charge in [-0.1, -0.05) is 37.1 Å². The predicted molar refractivity (Wildman–Crippen MR) is 95.1 cm³/mol. The molecule has 0 saturated carbocycles. The van der Waals surface area contributed by atoms with Crippen molar-refractivity contribution in [2.24, 2.45) is 0 Å². The van der Waals surface area contributed by atoms with E-state index < -0.39 is 0 Å². The van der Waals surface area contributed by atoms with E-state index in [1.165, 1.54) is 0 Å². The summed E-state index contributed by atoms with van der Waals surface area (Å²) in [6.45, 7) is 4.18. The summed E-state index contributed by atoms with van der Waals surface area (Å²) in [5.41, 5.74) is 1.92. The fourth-order valence-corrected chi connectivity index (χ4v) is 2.20. The number of nitrogens with one attached hydrogen (secondary N) is 1. The van der Waals surface area contributed by atoms with Gasteiger partial charge in [-0.25, -0.2) is 4.98 Å². The van der Waals surface area contributed by atoms with Gasteiger partial charge >= 0.3 is 0 Å². The molecule has 0 aliphatic heterocycles. The molecule has 0 bridgehead atoms. The summed E-state index contributed by atoms with van der Waals surface area (Å²) < 4.78 is 5.70. The maximum Gasteiger partial charge on any atom is 0.219 e. The van der Waals surface area contributed by atoms with Crippen LogP contribution in [0.5, 0.6) is 11.6 Å². The maximum absolute atomic E-state index is 6.21. The van der Waals surface area contributed by atoms with Gasteiger partial charge in [-0.05, 0) is 32.0 Å². The Labute approximate surface area is 142 Å². The van der Waals surface area contributed by atoms with Crippen LogP contribution in [-0.2, 0) is 6.42 Å².